The maximum Gasteiger partial charge on any atom is 0.243 e. The molecule has 0 radical (unpaired) electrons. The molecule has 0 atom stereocenters. The summed E-state index contributed by atoms with van der Waals surface area (Å²) in [5.74, 6) is -0.0930. The summed E-state index contributed by atoms with van der Waals surface area (Å²) in [5, 5.41) is -0.126. The highest BCUT2D eigenvalue weighted by Crippen LogP contribution is 2.33. The second-order valence-electron chi connectivity index (χ2n) is 5.46. The molecule has 1 aromatic carbocycles. The Morgan fingerprint density at radius 1 is 1.43 bits per heavy atom. The van der Waals surface area contributed by atoms with E-state index in [0.717, 1.165) is 6.07 Å². The average molecular weight is 372 g/mol. The van der Waals surface area contributed by atoms with Crippen molar-refractivity contribution in [3.05, 3.63) is 28.5 Å². The topological polar surface area (TPSA) is 37.4 Å². The van der Waals surface area contributed by atoms with E-state index in [1.54, 1.807) is 11.8 Å². The lowest BCUT2D eigenvalue weighted by Gasteiger charge is -2.36. The third kappa shape index (κ3) is 3.67. The van der Waals surface area contributed by atoms with E-state index in [1.165, 1.54) is 10.4 Å². The Kier molecular flexibility index (Phi) is 5.15. The summed E-state index contributed by atoms with van der Waals surface area (Å²) in [7, 11) is -3.74. The molecule has 0 N–H and O–H groups in total. The third-order valence-corrected chi connectivity index (χ3v) is 7.08. The first-order valence-corrected chi connectivity index (χ1v) is 9.69. The minimum atomic E-state index is -3.74. The second-order valence-corrected chi connectivity index (χ2v) is 9.84. The summed E-state index contributed by atoms with van der Waals surface area (Å²) in [5.41, 5.74) is 0.280. The van der Waals surface area contributed by atoms with Gasteiger partial charge in [0.15, 0.2) is 0 Å². The highest BCUT2D eigenvalue weighted by Gasteiger charge is 2.35. The van der Waals surface area contributed by atoms with Gasteiger partial charge in [-0.3, -0.25) is 0 Å². The second kappa shape index (κ2) is 6.24. The number of alkyl halides is 1. The van der Waals surface area contributed by atoms with Gasteiger partial charge in [-0.2, -0.15) is 16.1 Å². The van der Waals surface area contributed by atoms with Crippen LogP contribution in [0.15, 0.2) is 17.0 Å². The molecule has 2 rings (SSSR count). The lowest BCUT2D eigenvalue weighted by molar-refractivity contribution is 0.387. The SMILES string of the molecule is CC1(C)CN(S(=O)(=O)c2cc(F)c(Cl)c(CCl)c2)CCS1. The van der Waals surface area contributed by atoms with Gasteiger partial charge in [0.05, 0.1) is 9.92 Å². The van der Waals surface area contributed by atoms with Gasteiger partial charge in [-0.15, -0.1) is 11.6 Å². The van der Waals surface area contributed by atoms with Crippen LogP contribution in [-0.4, -0.2) is 36.3 Å². The van der Waals surface area contributed by atoms with Gasteiger partial charge in [-0.05, 0) is 31.5 Å². The molecule has 0 aliphatic carbocycles. The van der Waals surface area contributed by atoms with Gasteiger partial charge in [-0.25, -0.2) is 12.8 Å². The van der Waals surface area contributed by atoms with Crippen LogP contribution in [0.25, 0.3) is 0 Å². The fourth-order valence-corrected chi connectivity index (χ4v) is 5.62. The zero-order valence-electron chi connectivity index (χ0n) is 11.7. The smallest absolute Gasteiger partial charge is 0.207 e. The van der Waals surface area contributed by atoms with Gasteiger partial charge in [-0.1, -0.05) is 11.6 Å². The molecule has 0 aromatic heterocycles. The summed E-state index contributed by atoms with van der Waals surface area (Å²) in [6, 6.07) is 2.31. The van der Waals surface area contributed by atoms with Crippen molar-refractivity contribution in [1.82, 2.24) is 4.31 Å². The predicted octanol–water partition coefficient (Wildman–Crippen LogP) is 3.73. The van der Waals surface area contributed by atoms with Crippen molar-refractivity contribution in [3.8, 4) is 0 Å². The van der Waals surface area contributed by atoms with Gasteiger partial charge in [0.25, 0.3) is 0 Å². The molecule has 1 aliphatic rings. The fraction of sp³-hybridized carbons (Fsp3) is 0.538. The monoisotopic (exact) mass is 371 g/mol. The summed E-state index contributed by atoms with van der Waals surface area (Å²) < 4.78 is 40.4. The number of halogens is 3. The zero-order chi connectivity index (χ0) is 15.8. The van der Waals surface area contributed by atoms with Gasteiger partial charge in [0.2, 0.25) is 10.0 Å². The van der Waals surface area contributed by atoms with Gasteiger partial charge in [0, 0.05) is 29.5 Å². The number of sulfonamides is 1. The average Bonchev–Trinajstić information content (AvgIpc) is 2.40. The van der Waals surface area contributed by atoms with Crippen molar-refractivity contribution in [2.75, 3.05) is 18.8 Å². The molecular weight excluding hydrogens is 356 g/mol. The molecular formula is C13H16Cl2FNO2S2. The van der Waals surface area contributed by atoms with Crippen LogP contribution >= 0.6 is 35.0 Å². The number of rotatable bonds is 3. The number of hydrogen-bond donors (Lipinski definition) is 0. The molecule has 1 aliphatic heterocycles. The van der Waals surface area contributed by atoms with E-state index in [0.29, 0.717) is 18.8 Å². The molecule has 1 fully saturated rings. The summed E-state index contributed by atoms with van der Waals surface area (Å²) in [6.07, 6.45) is 0. The molecule has 1 saturated heterocycles. The molecule has 0 unspecified atom stereocenters. The highest BCUT2D eigenvalue weighted by atomic mass is 35.5. The van der Waals surface area contributed by atoms with Gasteiger partial charge < -0.3 is 0 Å². The molecule has 21 heavy (non-hydrogen) atoms. The van der Waals surface area contributed by atoms with E-state index in [2.05, 4.69) is 0 Å². The largest absolute Gasteiger partial charge is 0.243 e. The van der Waals surface area contributed by atoms with Crippen LogP contribution in [0.5, 0.6) is 0 Å². The Morgan fingerprint density at radius 3 is 2.67 bits per heavy atom. The molecule has 0 amide bonds. The van der Waals surface area contributed by atoms with Crippen molar-refractivity contribution >= 4 is 45.0 Å². The minimum absolute atomic E-state index is 0.0412. The normalized spacial score (nSPS) is 19.7. The van der Waals surface area contributed by atoms with Crippen LogP contribution in [-0.2, 0) is 15.9 Å². The molecule has 3 nitrogen and oxygen atoms in total. The van der Waals surface area contributed by atoms with Crippen molar-refractivity contribution in [3.63, 3.8) is 0 Å². The molecule has 0 spiro atoms. The molecule has 0 saturated carbocycles. The van der Waals surface area contributed by atoms with Gasteiger partial charge >= 0.3 is 0 Å². The highest BCUT2D eigenvalue weighted by molar-refractivity contribution is 8.00. The molecule has 1 heterocycles. The van der Waals surface area contributed by atoms with Crippen molar-refractivity contribution < 1.29 is 12.8 Å². The van der Waals surface area contributed by atoms with E-state index >= 15 is 0 Å². The van der Waals surface area contributed by atoms with Crippen molar-refractivity contribution in [2.24, 2.45) is 0 Å². The van der Waals surface area contributed by atoms with Crippen LogP contribution in [0.3, 0.4) is 0 Å². The first-order valence-electron chi connectivity index (χ1n) is 6.35. The van der Waals surface area contributed by atoms with Crippen LogP contribution in [0.2, 0.25) is 5.02 Å². The van der Waals surface area contributed by atoms with Crippen LogP contribution < -0.4 is 0 Å². The van der Waals surface area contributed by atoms with Gasteiger partial charge in [0.1, 0.15) is 5.82 Å². The maximum absolute atomic E-state index is 13.8. The maximum atomic E-state index is 13.8. The fourth-order valence-electron chi connectivity index (χ4n) is 2.19. The lowest BCUT2D eigenvalue weighted by Crippen LogP contribution is -2.46. The first kappa shape index (κ1) is 17.3. The molecule has 8 heteroatoms. The van der Waals surface area contributed by atoms with E-state index in [1.807, 2.05) is 13.8 Å². The Labute approximate surface area is 138 Å². The number of hydrogen-bond acceptors (Lipinski definition) is 3. The first-order chi connectivity index (χ1) is 9.67. The quantitative estimate of drug-likeness (QED) is 0.759. The van der Waals surface area contributed by atoms with Crippen LogP contribution in [0.4, 0.5) is 4.39 Å². The van der Waals surface area contributed by atoms with Crippen molar-refractivity contribution in [1.29, 1.82) is 0 Å². The standard InChI is InChI=1S/C13H16Cl2FNO2S2/c1-13(2)8-17(3-4-20-13)21(18,19)10-5-9(7-14)12(15)11(16)6-10/h5-6H,3-4,7-8H2,1-2H3. The zero-order valence-corrected chi connectivity index (χ0v) is 14.8. The summed E-state index contributed by atoms with van der Waals surface area (Å²) >= 11 is 13.2. The Balaban J connectivity index is 2.42. The van der Waals surface area contributed by atoms with Crippen LogP contribution in [0, 0.1) is 5.82 Å². The lowest BCUT2D eigenvalue weighted by atomic mass is 10.2. The van der Waals surface area contributed by atoms with Crippen molar-refractivity contribution in [2.45, 2.75) is 29.4 Å². The van der Waals surface area contributed by atoms with E-state index < -0.39 is 15.8 Å². The van der Waals surface area contributed by atoms with E-state index in [-0.39, 0.29) is 26.1 Å². The molecule has 118 valence electrons. The molecule has 0 bridgehead atoms. The summed E-state index contributed by atoms with van der Waals surface area (Å²) in [6.45, 7) is 4.79. The molecule has 1 aromatic rings. The number of benzene rings is 1. The number of thioether (sulfide) groups is 1. The Morgan fingerprint density at radius 2 is 2.10 bits per heavy atom. The minimum Gasteiger partial charge on any atom is -0.207 e. The number of nitrogens with zero attached hydrogens (tertiary/aromatic N) is 1. The third-order valence-electron chi connectivity index (χ3n) is 3.25. The van der Waals surface area contributed by atoms with E-state index in [9.17, 15) is 12.8 Å². The van der Waals surface area contributed by atoms with Crippen LogP contribution in [0.1, 0.15) is 19.4 Å². The van der Waals surface area contributed by atoms with E-state index in [4.69, 9.17) is 23.2 Å². The Hall–Kier alpha value is -0.0100. The Bertz CT molecular complexity index is 650. The summed E-state index contributed by atoms with van der Waals surface area (Å²) in [4.78, 5) is -0.0947. The predicted molar refractivity (Wildman–Crippen MR) is 86.3 cm³/mol.